The van der Waals surface area contributed by atoms with Crippen LogP contribution in [-0.2, 0) is 0 Å². The minimum Gasteiger partial charge on any atom is -0.387 e. The van der Waals surface area contributed by atoms with Gasteiger partial charge in [0.1, 0.15) is 0 Å². The van der Waals surface area contributed by atoms with Crippen LogP contribution in [0.3, 0.4) is 0 Å². The lowest BCUT2D eigenvalue weighted by Crippen LogP contribution is -2.31. The summed E-state index contributed by atoms with van der Waals surface area (Å²) in [6.45, 7) is 11.2. The van der Waals surface area contributed by atoms with Gasteiger partial charge in [0.05, 0.1) is 11.6 Å². The number of aromatic nitrogens is 1. The Bertz CT molecular complexity index is 637. The molecule has 0 aliphatic carbocycles. The highest BCUT2D eigenvalue weighted by Crippen LogP contribution is 2.26. The zero-order valence-electron chi connectivity index (χ0n) is 14.4. The summed E-state index contributed by atoms with van der Waals surface area (Å²) in [7, 11) is 0. The number of pyridine rings is 1. The average molecular weight is 300 g/mol. The number of aryl methyl sites for hydroxylation is 2. The van der Waals surface area contributed by atoms with E-state index in [0.717, 1.165) is 34.1 Å². The minimum absolute atomic E-state index is 0.408. The van der Waals surface area contributed by atoms with Gasteiger partial charge in [0.2, 0.25) is 0 Å². The number of aliphatic hydroxyl groups is 1. The van der Waals surface area contributed by atoms with Gasteiger partial charge in [0.15, 0.2) is 0 Å². The van der Waals surface area contributed by atoms with Crippen molar-refractivity contribution in [3.63, 3.8) is 0 Å². The number of benzene rings is 1. The van der Waals surface area contributed by atoms with Crippen LogP contribution >= 0.6 is 0 Å². The highest BCUT2D eigenvalue weighted by Gasteiger charge is 2.15. The smallest absolute Gasteiger partial charge is 0.0921 e. The zero-order valence-corrected chi connectivity index (χ0v) is 14.4. The molecule has 3 nitrogen and oxygen atoms in total. The molecule has 0 aliphatic heterocycles. The monoisotopic (exact) mass is 300 g/mol. The van der Waals surface area contributed by atoms with Crippen LogP contribution in [0, 0.1) is 19.8 Å². The summed E-state index contributed by atoms with van der Waals surface area (Å²) in [4.78, 5) is 4.62. The Kier molecular flexibility index (Phi) is 5.54. The molecular formula is C19H28N2O. The SMILES string of the molecule is Cc1cc(C(O)CNC(C)CC(C)C)c2cccc(C)c2n1. The lowest BCUT2D eigenvalue weighted by Gasteiger charge is -2.20. The first-order valence-corrected chi connectivity index (χ1v) is 8.16. The van der Waals surface area contributed by atoms with Gasteiger partial charge in [0.25, 0.3) is 0 Å². The first-order chi connectivity index (χ1) is 10.4. The summed E-state index contributed by atoms with van der Waals surface area (Å²) in [6, 6.07) is 8.55. The molecule has 2 unspecified atom stereocenters. The van der Waals surface area contributed by atoms with Crippen LogP contribution < -0.4 is 5.32 Å². The topological polar surface area (TPSA) is 45.1 Å². The summed E-state index contributed by atoms with van der Waals surface area (Å²) in [6.07, 6.45) is 0.600. The lowest BCUT2D eigenvalue weighted by molar-refractivity contribution is 0.170. The van der Waals surface area contributed by atoms with E-state index in [1.54, 1.807) is 0 Å². The fourth-order valence-electron chi connectivity index (χ4n) is 3.04. The van der Waals surface area contributed by atoms with E-state index >= 15 is 0 Å². The molecule has 2 rings (SSSR count). The molecule has 2 aromatic rings. The van der Waals surface area contributed by atoms with Gasteiger partial charge in [-0.2, -0.15) is 0 Å². The van der Waals surface area contributed by atoms with Crippen molar-refractivity contribution in [3.05, 3.63) is 41.1 Å². The summed E-state index contributed by atoms with van der Waals surface area (Å²) in [5.41, 5.74) is 4.06. The molecule has 1 heterocycles. The number of nitrogens with one attached hydrogen (secondary N) is 1. The van der Waals surface area contributed by atoms with Gasteiger partial charge >= 0.3 is 0 Å². The molecule has 22 heavy (non-hydrogen) atoms. The maximum absolute atomic E-state index is 10.6. The second-order valence-electron chi connectivity index (χ2n) is 6.78. The molecule has 2 N–H and O–H groups in total. The third-order valence-electron chi connectivity index (χ3n) is 4.04. The quantitative estimate of drug-likeness (QED) is 0.850. The predicted molar refractivity (Wildman–Crippen MR) is 93.1 cm³/mol. The molecule has 0 amide bonds. The van der Waals surface area contributed by atoms with E-state index in [4.69, 9.17) is 0 Å². The van der Waals surface area contributed by atoms with E-state index in [-0.39, 0.29) is 0 Å². The van der Waals surface area contributed by atoms with E-state index in [2.05, 4.69) is 44.1 Å². The van der Waals surface area contributed by atoms with Crippen molar-refractivity contribution >= 4 is 10.9 Å². The van der Waals surface area contributed by atoms with Gasteiger partial charge < -0.3 is 10.4 Å². The average Bonchev–Trinajstić information content (AvgIpc) is 2.44. The van der Waals surface area contributed by atoms with Crippen molar-refractivity contribution in [1.29, 1.82) is 0 Å². The highest BCUT2D eigenvalue weighted by atomic mass is 16.3. The number of nitrogens with zero attached hydrogens (tertiary/aromatic N) is 1. The maximum atomic E-state index is 10.6. The molecule has 3 heteroatoms. The fraction of sp³-hybridized carbons (Fsp3) is 0.526. The van der Waals surface area contributed by atoms with Crippen LogP contribution in [-0.4, -0.2) is 22.7 Å². The summed E-state index contributed by atoms with van der Waals surface area (Å²) in [5, 5.41) is 15.1. The number of hydrogen-bond donors (Lipinski definition) is 2. The van der Waals surface area contributed by atoms with Crippen LogP contribution in [0.2, 0.25) is 0 Å². The normalized spacial score (nSPS) is 14.5. The van der Waals surface area contributed by atoms with Gasteiger partial charge in [-0.25, -0.2) is 0 Å². The molecule has 0 saturated carbocycles. The molecule has 2 atom stereocenters. The first kappa shape index (κ1) is 16.9. The van der Waals surface area contributed by atoms with Crippen molar-refractivity contribution in [2.45, 2.75) is 53.2 Å². The molecule has 1 aromatic carbocycles. The Hall–Kier alpha value is -1.45. The van der Waals surface area contributed by atoms with Crippen LogP contribution in [0.1, 0.15) is 50.1 Å². The van der Waals surface area contributed by atoms with Gasteiger partial charge in [-0.15, -0.1) is 0 Å². The van der Waals surface area contributed by atoms with E-state index in [9.17, 15) is 5.11 Å². The fourth-order valence-corrected chi connectivity index (χ4v) is 3.04. The molecule has 0 bridgehead atoms. The third kappa shape index (κ3) is 4.05. The van der Waals surface area contributed by atoms with Gasteiger partial charge in [-0.05, 0) is 50.3 Å². The van der Waals surface area contributed by atoms with E-state index in [0.29, 0.717) is 18.5 Å². The Balaban J connectivity index is 2.21. The molecule has 120 valence electrons. The van der Waals surface area contributed by atoms with Crippen LogP contribution in [0.5, 0.6) is 0 Å². The molecule has 0 aliphatic rings. The Morgan fingerprint density at radius 2 is 1.91 bits per heavy atom. The van der Waals surface area contributed by atoms with E-state index < -0.39 is 6.10 Å². The number of rotatable bonds is 6. The van der Waals surface area contributed by atoms with Crippen molar-refractivity contribution < 1.29 is 5.11 Å². The van der Waals surface area contributed by atoms with E-state index in [1.807, 2.05) is 25.1 Å². The second kappa shape index (κ2) is 7.21. The van der Waals surface area contributed by atoms with E-state index in [1.165, 1.54) is 0 Å². The molecule has 0 fully saturated rings. The van der Waals surface area contributed by atoms with Crippen LogP contribution in [0.15, 0.2) is 24.3 Å². The summed E-state index contributed by atoms with van der Waals surface area (Å²) in [5.74, 6) is 0.659. The van der Waals surface area contributed by atoms with Crippen LogP contribution in [0.4, 0.5) is 0 Å². The summed E-state index contributed by atoms with van der Waals surface area (Å²) >= 11 is 0. The zero-order chi connectivity index (χ0) is 16.3. The molecule has 0 saturated heterocycles. The minimum atomic E-state index is -0.513. The predicted octanol–water partition coefficient (Wildman–Crippen LogP) is 3.91. The third-order valence-corrected chi connectivity index (χ3v) is 4.04. The molecular weight excluding hydrogens is 272 g/mol. The number of aliphatic hydroxyl groups excluding tert-OH is 1. The Morgan fingerprint density at radius 1 is 1.18 bits per heavy atom. The first-order valence-electron chi connectivity index (χ1n) is 8.16. The highest BCUT2D eigenvalue weighted by molar-refractivity contribution is 5.85. The number of hydrogen-bond acceptors (Lipinski definition) is 3. The van der Waals surface area contributed by atoms with Crippen LogP contribution in [0.25, 0.3) is 10.9 Å². The van der Waals surface area contributed by atoms with Crippen molar-refractivity contribution in [2.75, 3.05) is 6.54 Å². The Labute approximate surface area is 133 Å². The van der Waals surface area contributed by atoms with Gasteiger partial charge in [0, 0.05) is 23.7 Å². The van der Waals surface area contributed by atoms with Gasteiger partial charge in [-0.3, -0.25) is 4.98 Å². The number of fused-ring (bicyclic) bond motifs is 1. The van der Waals surface area contributed by atoms with Crippen molar-refractivity contribution in [1.82, 2.24) is 10.3 Å². The Morgan fingerprint density at radius 3 is 2.59 bits per heavy atom. The largest absolute Gasteiger partial charge is 0.387 e. The van der Waals surface area contributed by atoms with Crippen molar-refractivity contribution in [2.24, 2.45) is 5.92 Å². The number of para-hydroxylation sites is 1. The lowest BCUT2D eigenvalue weighted by atomic mass is 10.00. The maximum Gasteiger partial charge on any atom is 0.0921 e. The second-order valence-corrected chi connectivity index (χ2v) is 6.78. The summed E-state index contributed by atoms with van der Waals surface area (Å²) < 4.78 is 0. The van der Waals surface area contributed by atoms with Gasteiger partial charge in [-0.1, -0.05) is 32.0 Å². The molecule has 0 radical (unpaired) electrons. The molecule has 0 spiro atoms. The van der Waals surface area contributed by atoms with Crippen molar-refractivity contribution in [3.8, 4) is 0 Å². The molecule has 1 aromatic heterocycles. The standard InChI is InChI=1S/C19H28N2O/c1-12(2)9-14(4)20-11-18(22)17-10-15(5)21-19-13(3)7-6-8-16(17)19/h6-8,10,12,14,18,20,22H,9,11H2,1-5H3.